The van der Waals surface area contributed by atoms with Gasteiger partial charge in [0.15, 0.2) is 0 Å². The number of ether oxygens (including phenoxy) is 1. The summed E-state index contributed by atoms with van der Waals surface area (Å²) in [5.41, 5.74) is 0.500. The van der Waals surface area contributed by atoms with Gasteiger partial charge in [-0.25, -0.2) is 0 Å². The third-order valence-corrected chi connectivity index (χ3v) is 4.94. The number of nitrogens with zero attached hydrogens (tertiary/aromatic N) is 1. The first-order valence-corrected chi connectivity index (χ1v) is 8.21. The summed E-state index contributed by atoms with van der Waals surface area (Å²) in [6, 6.07) is 0.392. The second-order valence-electron chi connectivity index (χ2n) is 6.71. The quantitative estimate of drug-likeness (QED) is 0.727. The molecule has 0 aromatic carbocycles. The van der Waals surface area contributed by atoms with Crippen molar-refractivity contribution in [2.24, 2.45) is 5.41 Å². The van der Waals surface area contributed by atoms with Gasteiger partial charge in [-0.05, 0) is 51.1 Å². The summed E-state index contributed by atoms with van der Waals surface area (Å²) in [5, 5.41) is 3.44. The lowest BCUT2D eigenvalue weighted by atomic mass is 9.78. The number of carbonyl (C=O) groups excluding carboxylic acids is 1. The molecule has 4 nitrogen and oxygen atoms in total. The fourth-order valence-corrected chi connectivity index (χ4v) is 2.86. The van der Waals surface area contributed by atoms with Crippen LogP contribution >= 0.6 is 0 Å². The summed E-state index contributed by atoms with van der Waals surface area (Å²) in [7, 11) is 0. The van der Waals surface area contributed by atoms with Crippen LogP contribution in [0.5, 0.6) is 0 Å². The predicted molar refractivity (Wildman–Crippen MR) is 80.7 cm³/mol. The zero-order chi connectivity index (χ0) is 14.6. The number of rotatable bonds is 7. The number of hydrogen-bond acceptors (Lipinski definition) is 4. The van der Waals surface area contributed by atoms with Crippen LogP contribution in [-0.4, -0.2) is 49.2 Å². The third kappa shape index (κ3) is 4.45. The van der Waals surface area contributed by atoms with E-state index in [2.05, 4.69) is 24.1 Å². The molecule has 0 radical (unpaired) electrons. The molecule has 4 heteroatoms. The average molecular weight is 282 g/mol. The number of carbonyl (C=O) groups is 1. The summed E-state index contributed by atoms with van der Waals surface area (Å²) >= 11 is 0. The smallest absolute Gasteiger partial charge is 0.324 e. The first-order chi connectivity index (χ1) is 9.56. The molecule has 116 valence electrons. The van der Waals surface area contributed by atoms with Crippen molar-refractivity contribution in [1.29, 1.82) is 0 Å². The van der Waals surface area contributed by atoms with Crippen molar-refractivity contribution < 1.29 is 9.53 Å². The second-order valence-corrected chi connectivity index (χ2v) is 6.71. The van der Waals surface area contributed by atoms with Gasteiger partial charge in [-0.1, -0.05) is 20.3 Å². The molecule has 1 atom stereocenters. The van der Waals surface area contributed by atoms with E-state index in [0.717, 1.165) is 19.6 Å². The fraction of sp³-hybridized carbons (Fsp3) is 0.938. The van der Waals surface area contributed by atoms with Crippen molar-refractivity contribution >= 4 is 5.97 Å². The van der Waals surface area contributed by atoms with Crippen molar-refractivity contribution in [3.05, 3.63) is 0 Å². The third-order valence-electron chi connectivity index (χ3n) is 4.94. The molecule has 2 fully saturated rings. The first kappa shape index (κ1) is 15.8. The maximum absolute atomic E-state index is 12.1. The van der Waals surface area contributed by atoms with Gasteiger partial charge in [0.25, 0.3) is 0 Å². The Hall–Kier alpha value is -0.610. The minimum absolute atomic E-state index is 0.0803. The Morgan fingerprint density at radius 3 is 2.50 bits per heavy atom. The molecule has 1 aliphatic carbocycles. The van der Waals surface area contributed by atoms with E-state index in [1.807, 2.05) is 6.92 Å². The molecular formula is C16H30N2O2. The highest BCUT2D eigenvalue weighted by atomic mass is 16.5. The number of likely N-dealkylation sites (tertiary alicyclic amines) is 1. The summed E-state index contributed by atoms with van der Waals surface area (Å²) in [4.78, 5) is 14.5. The number of hydrogen-bond donors (Lipinski definition) is 1. The molecule has 2 rings (SSSR count). The standard InChI is InChI=1S/C16H30N2O2/c1-4-16(3)8-10-18(11-9-16)12-14(15(19)20-5-2)17-13-6-7-13/h13-14,17H,4-12H2,1-3H3. The van der Waals surface area contributed by atoms with E-state index in [0.29, 0.717) is 18.1 Å². The minimum atomic E-state index is -0.145. The van der Waals surface area contributed by atoms with Crippen molar-refractivity contribution in [1.82, 2.24) is 10.2 Å². The fourth-order valence-electron chi connectivity index (χ4n) is 2.86. The van der Waals surface area contributed by atoms with Crippen LogP contribution in [0.2, 0.25) is 0 Å². The topological polar surface area (TPSA) is 41.6 Å². The van der Waals surface area contributed by atoms with Crippen molar-refractivity contribution in [2.75, 3.05) is 26.2 Å². The van der Waals surface area contributed by atoms with Gasteiger partial charge < -0.3 is 15.0 Å². The molecule has 0 amide bonds. The maximum Gasteiger partial charge on any atom is 0.324 e. The van der Waals surface area contributed by atoms with Crippen LogP contribution in [0.1, 0.15) is 52.9 Å². The van der Waals surface area contributed by atoms with Crippen LogP contribution in [0.15, 0.2) is 0 Å². The molecular weight excluding hydrogens is 252 g/mol. The van der Waals surface area contributed by atoms with E-state index in [-0.39, 0.29) is 12.0 Å². The Bertz CT molecular complexity index is 320. The van der Waals surface area contributed by atoms with E-state index < -0.39 is 0 Å². The van der Waals surface area contributed by atoms with Gasteiger partial charge in [0.05, 0.1) is 6.61 Å². The SMILES string of the molecule is CCOC(=O)C(CN1CCC(C)(CC)CC1)NC1CC1. The molecule has 2 aliphatic rings. The van der Waals surface area contributed by atoms with Gasteiger partial charge in [0.2, 0.25) is 0 Å². The maximum atomic E-state index is 12.1. The van der Waals surface area contributed by atoms with Gasteiger partial charge >= 0.3 is 5.97 Å². The van der Waals surface area contributed by atoms with Crippen LogP contribution in [0.3, 0.4) is 0 Å². The Balaban J connectivity index is 1.83. The highest BCUT2D eigenvalue weighted by Crippen LogP contribution is 2.34. The van der Waals surface area contributed by atoms with Crippen LogP contribution in [0.4, 0.5) is 0 Å². The Labute approximate surface area is 123 Å². The summed E-state index contributed by atoms with van der Waals surface area (Å²) in [5.74, 6) is -0.0803. The second kappa shape index (κ2) is 6.90. The average Bonchev–Trinajstić information content (AvgIpc) is 3.25. The normalized spacial score (nSPS) is 24.4. The van der Waals surface area contributed by atoms with E-state index in [9.17, 15) is 4.79 Å². The largest absolute Gasteiger partial charge is 0.465 e. The number of nitrogens with one attached hydrogen (secondary N) is 1. The molecule has 1 N–H and O–H groups in total. The Morgan fingerprint density at radius 2 is 2.00 bits per heavy atom. The lowest BCUT2D eigenvalue weighted by molar-refractivity contribution is -0.146. The molecule has 0 spiro atoms. The van der Waals surface area contributed by atoms with E-state index >= 15 is 0 Å². The Kier molecular flexibility index (Phi) is 5.44. The van der Waals surface area contributed by atoms with Crippen LogP contribution in [0, 0.1) is 5.41 Å². The molecule has 1 saturated carbocycles. The van der Waals surface area contributed by atoms with Crippen LogP contribution in [0.25, 0.3) is 0 Å². The summed E-state index contributed by atoms with van der Waals surface area (Å²) in [6.45, 7) is 10.0. The summed E-state index contributed by atoms with van der Waals surface area (Å²) < 4.78 is 5.21. The van der Waals surface area contributed by atoms with E-state index in [1.165, 1.54) is 32.1 Å². The first-order valence-electron chi connectivity index (χ1n) is 8.21. The van der Waals surface area contributed by atoms with Crippen molar-refractivity contribution in [3.8, 4) is 0 Å². The molecule has 1 unspecified atom stereocenters. The van der Waals surface area contributed by atoms with Gasteiger partial charge in [0, 0.05) is 12.6 Å². The highest BCUT2D eigenvalue weighted by Gasteiger charge is 2.33. The van der Waals surface area contributed by atoms with Crippen LogP contribution < -0.4 is 5.32 Å². The zero-order valence-electron chi connectivity index (χ0n) is 13.3. The van der Waals surface area contributed by atoms with Crippen molar-refractivity contribution in [2.45, 2.75) is 65.0 Å². The lowest BCUT2D eigenvalue weighted by Crippen LogP contribution is -2.50. The van der Waals surface area contributed by atoms with Gasteiger partial charge in [-0.15, -0.1) is 0 Å². The molecule has 20 heavy (non-hydrogen) atoms. The Morgan fingerprint density at radius 1 is 1.35 bits per heavy atom. The predicted octanol–water partition coefficient (Wildman–Crippen LogP) is 2.18. The zero-order valence-corrected chi connectivity index (χ0v) is 13.3. The van der Waals surface area contributed by atoms with E-state index in [1.54, 1.807) is 0 Å². The molecule has 0 bridgehead atoms. The molecule has 0 aromatic heterocycles. The number of piperidine rings is 1. The number of esters is 1. The molecule has 1 heterocycles. The molecule has 0 aromatic rings. The minimum Gasteiger partial charge on any atom is -0.465 e. The summed E-state index contributed by atoms with van der Waals surface area (Å²) in [6.07, 6.45) is 6.13. The molecule has 1 saturated heterocycles. The monoisotopic (exact) mass is 282 g/mol. The lowest BCUT2D eigenvalue weighted by Gasteiger charge is -2.39. The van der Waals surface area contributed by atoms with Gasteiger partial charge in [-0.3, -0.25) is 4.79 Å². The van der Waals surface area contributed by atoms with Crippen molar-refractivity contribution in [3.63, 3.8) is 0 Å². The van der Waals surface area contributed by atoms with E-state index in [4.69, 9.17) is 4.74 Å². The van der Waals surface area contributed by atoms with Gasteiger partial charge in [-0.2, -0.15) is 0 Å². The van der Waals surface area contributed by atoms with Crippen LogP contribution in [-0.2, 0) is 9.53 Å². The highest BCUT2D eigenvalue weighted by molar-refractivity contribution is 5.76. The van der Waals surface area contributed by atoms with Gasteiger partial charge in [0.1, 0.15) is 6.04 Å². The molecule has 1 aliphatic heterocycles.